The van der Waals surface area contributed by atoms with E-state index in [4.69, 9.17) is 5.26 Å². The van der Waals surface area contributed by atoms with E-state index in [0.29, 0.717) is 11.7 Å². The molecule has 0 aliphatic carbocycles. The van der Waals surface area contributed by atoms with Crippen molar-refractivity contribution in [2.24, 2.45) is 0 Å². The Labute approximate surface area is 126 Å². The van der Waals surface area contributed by atoms with Gasteiger partial charge in [-0.3, -0.25) is 9.78 Å². The summed E-state index contributed by atoms with van der Waals surface area (Å²) in [6, 6.07) is 5.78. The van der Waals surface area contributed by atoms with E-state index in [1.54, 1.807) is 6.20 Å². The van der Waals surface area contributed by atoms with Crippen LogP contribution in [0.5, 0.6) is 0 Å². The maximum atomic E-state index is 12.5. The number of aromatic nitrogens is 1. The van der Waals surface area contributed by atoms with Gasteiger partial charge >= 0.3 is 0 Å². The molecule has 0 aromatic carbocycles. The zero-order valence-corrected chi connectivity index (χ0v) is 12.7. The highest BCUT2D eigenvalue weighted by atomic mass is 16.2. The Bertz CT molecular complexity index is 537. The normalized spacial score (nSPS) is 19.7. The van der Waals surface area contributed by atoms with Crippen LogP contribution in [0.25, 0.3) is 0 Å². The molecule has 2 heterocycles. The number of piperidine rings is 1. The number of likely N-dealkylation sites (tertiary alicyclic amines) is 1. The summed E-state index contributed by atoms with van der Waals surface area (Å²) < 4.78 is 0. The first-order valence-corrected chi connectivity index (χ1v) is 7.50. The first-order valence-electron chi connectivity index (χ1n) is 7.50. The molecule has 0 bridgehead atoms. The molecule has 1 saturated heterocycles. The third kappa shape index (κ3) is 3.94. The molecule has 21 heavy (non-hydrogen) atoms. The lowest BCUT2D eigenvalue weighted by molar-refractivity contribution is -0.134. The van der Waals surface area contributed by atoms with Crippen LogP contribution in [-0.4, -0.2) is 34.4 Å². The van der Waals surface area contributed by atoms with Crippen molar-refractivity contribution in [2.75, 3.05) is 11.9 Å². The summed E-state index contributed by atoms with van der Waals surface area (Å²) in [6.07, 6.45) is 5.32. The molecule has 1 aromatic heterocycles. The van der Waals surface area contributed by atoms with Crippen LogP contribution in [0.3, 0.4) is 0 Å². The predicted molar refractivity (Wildman–Crippen MR) is 81.7 cm³/mol. The molecular formula is C16H22N4O. The van der Waals surface area contributed by atoms with Crippen LogP contribution >= 0.6 is 0 Å². The smallest absolute Gasteiger partial charge is 0.245 e. The molecule has 5 nitrogen and oxygen atoms in total. The topological polar surface area (TPSA) is 69.0 Å². The van der Waals surface area contributed by atoms with Gasteiger partial charge in [-0.1, -0.05) is 0 Å². The van der Waals surface area contributed by atoms with Gasteiger partial charge in [0.05, 0.1) is 18.2 Å². The van der Waals surface area contributed by atoms with Gasteiger partial charge < -0.3 is 10.2 Å². The second-order valence-electron chi connectivity index (χ2n) is 5.61. The number of amides is 1. The van der Waals surface area contributed by atoms with Crippen LogP contribution in [0.4, 0.5) is 5.69 Å². The molecule has 2 rings (SSSR count). The largest absolute Gasteiger partial charge is 0.374 e. The van der Waals surface area contributed by atoms with Crippen LogP contribution in [-0.2, 0) is 11.2 Å². The lowest BCUT2D eigenvalue weighted by Crippen LogP contribution is -2.48. The monoisotopic (exact) mass is 286 g/mol. The van der Waals surface area contributed by atoms with Crippen molar-refractivity contribution in [3.63, 3.8) is 0 Å². The number of anilines is 1. The highest BCUT2D eigenvalue weighted by Gasteiger charge is 2.26. The molecule has 5 heteroatoms. The van der Waals surface area contributed by atoms with Gasteiger partial charge in [0.25, 0.3) is 0 Å². The number of nitrogens with one attached hydrogen (secondary N) is 1. The Hall–Kier alpha value is -2.09. The Morgan fingerprint density at radius 1 is 1.62 bits per heavy atom. The maximum absolute atomic E-state index is 12.5. The van der Waals surface area contributed by atoms with Crippen molar-refractivity contribution in [2.45, 2.75) is 51.6 Å². The van der Waals surface area contributed by atoms with E-state index in [0.717, 1.165) is 25.1 Å². The summed E-state index contributed by atoms with van der Waals surface area (Å²) in [4.78, 5) is 18.6. The average Bonchev–Trinajstić information content (AvgIpc) is 2.48. The van der Waals surface area contributed by atoms with Gasteiger partial charge in [-0.15, -0.1) is 0 Å². The molecule has 2 atom stereocenters. The van der Waals surface area contributed by atoms with E-state index in [1.807, 2.05) is 24.0 Å². The third-order valence-corrected chi connectivity index (χ3v) is 3.92. The molecule has 1 fully saturated rings. The summed E-state index contributed by atoms with van der Waals surface area (Å²) in [5.41, 5.74) is 1.55. The average molecular weight is 286 g/mol. The highest BCUT2D eigenvalue weighted by molar-refractivity contribution is 5.84. The molecule has 0 saturated carbocycles. The number of carbonyl (C=O) groups excluding carboxylic acids is 1. The number of hydrogen-bond donors (Lipinski definition) is 1. The second-order valence-corrected chi connectivity index (χ2v) is 5.61. The van der Waals surface area contributed by atoms with Crippen LogP contribution < -0.4 is 5.32 Å². The van der Waals surface area contributed by atoms with E-state index < -0.39 is 0 Å². The molecule has 1 aromatic rings. The van der Waals surface area contributed by atoms with Crippen molar-refractivity contribution in [1.29, 1.82) is 5.26 Å². The Morgan fingerprint density at radius 2 is 2.43 bits per heavy atom. The minimum Gasteiger partial charge on any atom is -0.374 e. The van der Waals surface area contributed by atoms with Crippen LogP contribution in [0.15, 0.2) is 18.3 Å². The quantitative estimate of drug-likeness (QED) is 0.922. The van der Waals surface area contributed by atoms with Gasteiger partial charge in [-0.05, 0) is 45.2 Å². The van der Waals surface area contributed by atoms with Crippen molar-refractivity contribution < 1.29 is 4.79 Å². The summed E-state index contributed by atoms with van der Waals surface area (Å²) in [6.45, 7) is 4.84. The number of carbonyl (C=O) groups is 1. The number of nitriles is 1. The third-order valence-electron chi connectivity index (χ3n) is 3.92. The molecule has 1 aliphatic rings. The van der Waals surface area contributed by atoms with Crippen LogP contribution in [0, 0.1) is 11.3 Å². The van der Waals surface area contributed by atoms with Gasteiger partial charge in [0.15, 0.2) is 0 Å². The Morgan fingerprint density at radius 3 is 3.14 bits per heavy atom. The molecule has 1 N–H and O–H groups in total. The lowest BCUT2D eigenvalue weighted by atomic mass is 10.0. The molecule has 0 radical (unpaired) electrons. The Balaban J connectivity index is 2.00. The van der Waals surface area contributed by atoms with E-state index in [2.05, 4.69) is 23.3 Å². The second kappa shape index (κ2) is 7.07. The van der Waals surface area contributed by atoms with E-state index in [9.17, 15) is 4.79 Å². The van der Waals surface area contributed by atoms with Crippen molar-refractivity contribution in [1.82, 2.24) is 9.88 Å². The highest BCUT2D eigenvalue weighted by Crippen LogP contribution is 2.18. The fraction of sp³-hybridized carbons (Fsp3) is 0.562. The van der Waals surface area contributed by atoms with Crippen LogP contribution in [0.1, 0.15) is 38.8 Å². The number of pyridine rings is 1. The first kappa shape index (κ1) is 15.3. The summed E-state index contributed by atoms with van der Waals surface area (Å²) in [5.74, 6) is 0.140. The standard InChI is InChI=1S/C16H22N4O/c1-12-5-3-4-10-20(12)16(21)13(2)19-15-7-9-18-14(11-15)6-8-17/h7,9,11-13H,3-6,10H2,1-2H3,(H,18,19)/t12-,13-/m0/s1. The summed E-state index contributed by atoms with van der Waals surface area (Å²) in [7, 11) is 0. The zero-order chi connectivity index (χ0) is 15.2. The van der Waals surface area contributed by atoms with Gasteiger partial charge in [0.1, 0.15) is 6.04 Å². The minimum atomic E-state index is -0.275. The van der Waals surface area contributed by atoms with Gasteiger partial charge in [-0.25, -0.2) is 0 Å². The van der Waals surface area contributed by atoms with Gasteiger partial charge in [0, 0.05) is 24.5 Å². The molecule has 112 valence electrons. The molecular weight excluding hydrogens is 264 g/mol. The van der Waals surface area contributed by atoms with Crippen molar-refractivity contribution in [3.8, 4) is 6.07 Å². The van der Waals surface area contributed by atoms with E-state index in [-0.39, 0.29) is 18.4 Å². The lowest BCUT2D eigenvalue weighted by Gasteiger charge is -2.35. The summed E-state index contributed by atoms with van der Waals surface area (Å²) in [5, 5.41) is 11.9. The first-order chi connectivity index (χ1) is 10.1. The minimum absolute atomic E-state index is 0.140. The van der Waals surface area contributed by atoms with E-state index >= 15 is 0 Å². The van der Waals surface area contributed by atoms with Crippen LogP contribution in [0.2, 0.25) is 0 Å². The fourth-order valence-electron chi connectivity index (χ4n) is 2.73. The van der Waals surface area contributed by atoms with Gasteiger partial charge in [0.2, 0.25) is 5.91 Å². The van der Waals surface area contributed by atoms with Crippen molar-refractivity contribution in [3.05, 3.63) is 24.0 Å². The number of rotatable bonds is 4. The SMILES string of the molecule is C[C@H](Nc1ccnc(CC#N)c1)C(=O)N1CCCC[C@@H]1C. The number of nitrogens with zero attached hydrogens (tertiary/aromatic N) is 3. The predicted octanol–water partition coefficient (Wildman–Crippen LogP) is 2.35. The molecule has 0 spiro atoms. The Kier molecular flexibility index (Phi) is 5.15. The molecule has 1 amide bonds. The van der Waals surface area contributed by atoms with E-state index in [1.165, 1.54) is 6.42 Å². The molecule has 0 unspecified atom stereocenters. The maximum Gasteiger partial charge on any atom is 0.245 e. The zero-order valence-electron chi connectivity index (χ0n) is 12.7. The number of hydrogen-bond acceptors (Lipinski definition) is 4. The molecule has 1 aliphatic heterocycles. The van der Waals surface area contributed by atoms with Gasteiger partial charge in [-0.2, -0.15) is 5.26 Å². The van der Waals surface area contributed by atoms with Crippen molar-refractivity contribution >= 4 is 11.6 Å². The summed E-state index contributed by atoms with van der Waals surface area (Å²) >= 11 is 0. The fourth-order valence-corrected chi connectivity index (χ4v) is 2.73.